The number of hydrogen-bond acceptors (Lipinski definition) is 4. The van der Waals surface area contributed by atoms with E-state index in [9.17, 15) is 13.2 Å². The molecule has 0 radical (unpaired) electrons. The Morgan fingerprint density at radius 1 is 1.28 bits per heavy atom. The molecule has 1 unspecified atom stereocenters. The SMILES string of the molecule is CCCCC(CC)CNC(=O)c1cccc(S(=O)(=O)NCCOC)c1. The number of hydrogen-bond donors (Lipinski definition) is 2. The molecule has 1 rings (SSSR count). The van der Waals surface area contributed by atoms with E-state index in [0.29, 0.717) is 18.0 Å². The molecule has 25 heavy (non-hydrogen) atoms. The Labute approximate surface area is 151 Å². The molecule has 1 atom stereocenters. The van der Waals surface area contributed by atoms with Gasteiger partial charge in [0.1, 0.15) is 0 Å². The normalized spacial score (nSPS) is 12.8. The van der Waals surface area contributed by atoms with Crippen LogP contribution in [0.15, 0.2) is 29.2 Å². The van der Waals surface area contributed by atoms with E-state index in [1.54, 1.807) is 12.1 Å². The van der Waals surface area contributed by atoms with Gasteiger partial charge in [0.2, 0.25) is 10.0 Å². The highest BCUT2D eigenvalue weighted by Gasteiger charge is 2.16. The predicted octanol–water partition coefficient (Wildman–Crippen LogP) is 2.56. The number of sulfonamides is 1. The summed E-state index contributed by atoms with van der Waals surface area (Å²) in [5.41, 5.74) is 0.347. The molecule has 7 heteroatoms. The van der Waals surface area contributed by atoms with E-state index >= 15 is 0 Å². The highest BCUT2D eigenvalue weighted by atomic mass is 32.2. The molecule has 0 aliphatic carbocycles. The fourth-order valence-electron chi connectivity index (χ4n) is 2.45. The van der Waals surface area contributed by atoms with Crippen LogP contribution < -0.4 is 10.0 Å². The van der Waals surface area contributed by atoms with Gasteiger partial charge in [-0.15, -0.1) is 0 Å². The van der Waals surface area contributed by atoms with E-state index in [1.165, 1.54) is 19.2 Å². The minimum Gasteiger partial charge on any atom is -0.383 e. The van der Waals surface area contributed by atoms with Gasteiger partial charge in [-0.2, -0.15) is 0 Å². The van der Waals surface area contributed by atoms with Gasteiger partial charge in [-0.3, -0.25) is 4.79 Å². The molecular formula is C18H30N2O4S. The summed E-state index contributed by atoms with van der Waals surface area (Å²) >= 11 is 0. The summed E-state index contributed by atoms with van der Waals surface area (Å²) in [6, 6.07) is 6.07. The van der Waals surface area contributed by atoms with Crippen LogP contribution in [0.1, 0.15) is 49.9 Å². The fraction of sp³-hybridized carbons (Fsp3) is 0.611. The third kappa shape index (κ3) is 7.54. The van der Waals surface area contributed by atoms with E-state index in [4.69, 9.17) is 4.74 Å². The highest BCUT2D eigenvalue weighted by Crippen LogP contribution is 2.13. The Morgan fingerprint density at radius 3 is 2.68 bits per heavy atom. The van der Waals surface area contributed by atoms with Crippen LogP contribution in [0.5, 0.6) is 0 Å². The molecule has 0 saturated heterocycles. The summed E-state index contributed by atoms with van der Waals surface area (Å²) < 4.78 is 31.7. The topological polar surface area (TPSA) is 84.5 Å². The van der Waals surface area contributed by atoms with Crippen molar-refractivity contribution in [2.24, 2.45) is 5.92 Å². The number of benzene rings is 1. The van der Waals surface area contributed by atoms with Crippen molar-refractivity contribution in [2.75, 3.05) is 26.8 Å². The van der Waals surface area contributed by atoms with Crippen molar-refractivity contribution in [3.05, 3.63) is 29.8 Å². The summed E-state index contributed by atoms with van der Waals surface area (Å²) in [5.74, 6) is 0.204. The molecule has 0 bridgehead atoms. The largest absolute Gasteiger partial charge is 0.383 e. The van der Waals surface area contributed by atoms with Crippen LogP contribution in [0.2, 0.25) is 0 Å². The van der Waals surface area contributed by atoms with Gasteiger partial charge in [-0.25, -0.2) is 13.1 Å². The van der Waals surface area contributed by atoms with Gasteiger partial charge in [0, 0.05) is 25.8 Å². The van der Waals surface area contributed by atoms with Crippen molar-refractivity contribution in [2.45, 2.75) is 44.4 Å². The first-order valence-electron chi connectivity index (χ1n) is 8.81. The molecule has 0 heterocycles. The monoisotopic (exact) mass is 370 g/mol. The van der Waals surface area contributed by atoms with Crippen LogP contribution in [0.25, 0.3) is 0 Å². The second-order valence-corrected chi connectivity index (χ2v) is 7.81. The molecule has 0 saturated carbocycles. The first kappa shape index (κ1) is 21.6. The minimum absolute atomic E-state index is 0.0780. The second-order valence-electron chi connectivity index (χ2n) is 6.04. The van der Waals surface area contributed by atoms with E-state index in [2.05, 4.69) is 23.9 Å². The first-order valence-corrected chi connectivity index (χ1v) is 10.3. The molecule has 1 aromatic rings. The van der Waals surface area contributed by atoms with Crippen molar-refractivity contribution in [1.29, 1.82) is 0 Å². The smallest absolute Gasteiger partial charge is 0.251 e. The molecule has 142 valence electrons. The standard InChI is InChI=1S/C18H30N2O4S/c1-4-6-8-15(5-2)14-19-18(21)16-9-7-10-17(13-16)25(22,23)20-11-12-24-3/h7,9-10,13,15,20H,4-6,8,11-12,14H2,1-3H3,(H,19,21). The molecule has 0 spiro atoms. The Hall–Kier alpha value is -1.44. The molecule has 0 aliphatic heterocycles. The number of methoxy groups -OCH3 is 1. The zero-order valence-corrected chi connectivity index (χ0v) is 16.2. The second kappa shape index (κ2) is 11.2. The van der Waals surface area contributed by atoms with Gasteiger partial charge in [0.25, 0.3) is 5.91 Å². The summed E-state index contributed by atoms with van der Waals surface area (Å²) in [5, 5.41) is 2.92. The summed E-state index contributed by atoms with van der Waals surface area (Å²) in [6.07, 6.45) is 4.39. The van der Waals surface area contributed by atoms with Crippen LogP contribution in [-0.2, 0) is 14.8 Å². The average molecular weight is 371 g/mol. The number of amides is 1. The van der Waals surface area contributed by atoms with Gasteiger partial charge in [-0.1, -0.05) is 39.2 Å². The molecule has 6 nitrogen and oxygen atoms in total. The molecule has 1 amide bonds. The maximum atomic E-state index is 12.3. The maximum Gasteiger partial charge on any atom is 0.251 e. The number of carbonyl (C=O) groups excluding carboxylic acids is 1. The van der Waals surface area contributed by atoms with E-state index in [-0.39, 0.29) is 24.0 Å². The zero-order chi connectivity index (χ0) is 18.7. The zero-order valence-electron chi connectivity index (χ0n) is 15.4. The van der Waals surface area contributed by atoms with Crippen LogP contribution in [0.3, 0.4) is 0 Å². The van der Waals surface area contributed by atoms with Gasteiger partial charge in [0.15, 0.2) is 0 Å². The Bertz CT molecular complexity index is 632. The summed E-state index contributed by atoms with van der Waals surface area (Å²) in [4.78, 5) is 12.4. The number of unbranched alkanes of at least 4 members (excludes halogenated alkanes) is 1. The van der Waals surface area contributed by atoms with Gasteiger partial charge < -0.3 is 10.1 Å². The molecule has 0 aliphatic rings. The third-order valence-electron chi connectivity index (χ3n) is 4.10. The summed E-state index contributed by atoms with van der Waals surface area (Å²) in [7, 11) is -2.14. The van der Waals surface area contributed by atoms with Crippen molar-refractivity contribution >= 4 is 15.9 Å². The lowest BCUT2D eigenvalue weighted by atomic mass is 9.99. The van der Waals surface area contributed by atoms with Crippen LogP contribution in [0, 0.1) is 5.92 Å². The molecule has 0 fully saturated rings. The minimum atomic E-state index is -3.65. The van der Waals surface area contributed by atoms with Gasteiger partial charge in [0.05, 0.1) is 11.5 Å². The lowest BCUT2D eigenvalue weighted by Gasteiger charge is -2.15. The first-order chi connectivity index (χ1) is 11.9. The van der Waals surface area contributed by atoms with Gasteiger partial charge >= 0.3 is 0 Å². The lowest BCUT2D eigenvalue weighted by Crippen LogP contribution is -2.30. The van der Waals surface area contributed by atoms with Crippen molar-refractivity contribution in [1.82, 2.24) is 10.0 Å². The number of nitrogens with one attached hydrogen (secondary N) is 2. The van der Waals surface area contributed by atoms with E-state index < -0.39 is 10.0 Å². The van der Waals surface area contributed by atoms with E-state index in [1.807, 2.05) is 0 Å². The summed E-state index contributed by atoms with van der Waals surface area (Å²) in [6.45, 7) is 5.35. The average Bonchev–Trinajstić information content (AvgIpc) is 2.62. The third-order valence-corrected chi connectivity index (χ3v) is 5.56. The quantitative estimate of drug-likeness (QED) is 0.554. The van der Waals surface area contributed by atoms with Crippen LogP contribution >= 0.6 is 0 Å². The lowest BCUT2D eigenvalue weighted by molar-refractivity contribution is 0.0945. The molecule has 2 N–H and O–H groups in total. The number of carbonyl (C=O) groups is 1. The highest BCUT2D eigenvalue weighted by molar-refractivity contribution is 7.89. The van der Waals surface area contributed by atoms with Crippen molar-refractivity contribution in [3.63, 3.8) is 0 Å². The number of ether oxygens (including phenoxy) is 1. The Balaban J connectivity index is 2.71. The molecule has 0 aromatic heterocycles. The fourth-order valence-corrected chi connectivity index (χ4v) is 3.51. The Morgan fingerprint density at radius 2 is 2.04 bits per heavy atom. The number of rotatable bonds is 12. The predicted molar refractivity (Wildman–Crippen MR) is 99.1 cm³/mol. The van der Waals surface area contributed by atoms with Crippen molar-refractivity contribution in [3.8, 4) is 0 Å². The van der Waals surface area contributed by atoms with Crippen molar-refractivity contribution < 1.29 is 17.9 Å². The molecule has 1 aromatic carbocycles. The van der Waals surface area contributed by atoms with Crippen LogP contribution in [-0.4, -0.2) is 41.1 Å². The maximum absolute atomic E-state index is 12.3. The molecular weight excluding hydrogens is 340 g/mol. The Kier molecular flexibility index (Phi) is 9.70. The van der Waals surface area contributed by atoms with E-state index in [0.717, 1.165) is 25.7 Å². The van der Waals surface area contributed by atoms with Crippen LogP contribution in [0.4, 0.5) is 0 Å². The van der Waals surface area contributed by atoms with Gasteiger partial charge in [-0.05, 0) is 30.5 Å².